The molecule has 2 aromatic rings. The van der Waals surface area contributed by atoms with Crippen LogP contribution in [-0.2, 0) is 7.05 Å². The maximum Gasteiger partial charge on any atom is 0.148 e. The first kappa shape index (κ1) is 9.15. The summed E-state index contributed by atoms with van der Waals surface area (Å²) in [6.45, 7) is 1.93. The first-order chi connectivity index (χ1) is 6.66. The van der Waals surface area contributed by atoms with Crippen molar-refractivity contribution >= 4 is 11.6 Å². The summed E-state index contributed by atoms with van der Waals surface area (Å²) < 4.78 is 1.76. The monoisotopic (exact) mass is 208 g/mol. The van der Waals surface area contributed by atoms with Gasteiger partial charge in [0.1, 0.15) is 10.8 Å². The van der Waals surface area contributed by atoms with Gasteiger partial charge in [-0.1, -0.05) is 11.6 Å². The van der Waals surface area contributed by atoms with Crippen LogP contribution in [0.5, 0.6) is 0 Å². The van der Waals surface area contributed by atoms with Gasteiger partial charge in [-0.15, -0.1) is 0 Å². The van der Waals surface area contributed by atoms with Gasteiger partial charge in [0.2, 0.25) is 0 Å². The van der Waals surface area contributed by atoms with Crippen molar-refractivity contribution in [3.63, 3.8) is 0 Å². The van der Waals surface area contributed by atoms with E-state index in [0.29, 0.717) is 5.15 Å². The summed E-state index contributed by atoms with van der Waals surface area (Å²) in [7, 11) is 1.87. The van der Waals surface area contributed by atoms with E-state index in [1.165, 1.54) is 6.20 Å². The second kappa shape index (κ2) is 3.38. The Kier molecular flexibility index (Phi) is 2.21. The predicted octanol–water partition coefficient (Wildman–Crippen LogP) is 1.84. The van der Waals surface area contributed by atoms with Crippen molar-refractivity contribution in [2.45, 2.75) is 6.92 Å². The molecule has 0 bridgehead atoms. The highest BCUT2D eigenvalue weighted by Gasteiger charge is 2.06. The van der Waals surface area contributed by atoms with Gasteiger partial charge in [0.05, 0.1) is 23.8 Å². The Morgan fingerprint density at radius 1 is 1.36 bits per heavy atom. The molecule has 0 unspecified atom stereocenters. The van der Waals surface area contributed by atoms with Crippen LogP contribution in [0.25, 0.3) is 11.4 Å². The fourth-order valence-corrected chi connectivity index (χ4v) is 1.46. The molecular formula is C9H9ClN4. The highest BCUT2D eigenvalue weighted by Crippen LogP contribution is 2.17. The number of aromatic nitrogens is 4. The summed E-state index contributed by atoms with van der Waals surface area (Å²) in [5.74, 6) is 0. The SMILES string of the molecule is Cc1cc(-c2cncc(Cl)n2)n(C)n1. The third kappa shape index (κ3) is 1.61. The van der Waals surface area contributed by atoms with E-state index in [4.69, 9.17) is 11.6 Å². The molecule has 0 N–H and O–H groups in total. The Morgan fingerprint density at radius 2 is 2.14 bits per heavy atom. The van der Waals surface area contributed by atoms with Crippen molar-refractivity contribution in [1.29, 1.82) is 0 Å². The zero-order chi connectivity index (χ0) is 10.1. The Balaban J connectivity index is 2.54. The van der Waals surface area contributed by atoms with Crippen LogP contribution in [0.4, 0.5) is 0 Å². The fourth-order valence-electron chi connectivity index (χ4n) is 1.32. The van der Waals surface area contributed by atoms with Crippen LogP contribution in [0.1, 0.15) is 5.69 Å². The Labute approximate surface area is 86.6 Å². The van der Waals surface area contributed by atoms with Gasteiger partial charge < -0.3 is 0 Å². The van der Waals surface area contributed by atoms with Crippen LogP contribution in [0.15, 0.2) is 18.5 Å². The third-order valence-electron chi connectivity index (χ3n) is 1.87. The molecule has 2 rings (SSSR count). The number of nitrogens with zero attached hydrogens (tertiary/aromatic N) is 4. The quantitative estimate of drug-likeness (QED) is 0.718. The molecule has 0 saturated carbocycles. The Hall–Kier alpha value is -1.42. The lowest BCUT2D eigenvalue weighted by molar-refractivity contribution is 0.761. The molecule has 0 fully saturated rings. The maximum atomic E-state index is 5.75. The van der Waals surface area contributed by atoms with Crippen LogP contribution in [0, 0.1) is 6.92 Å². The van der Waals surface area contributed by atoms with E-state index in [2.05, 4.69) is 15.1 Å². The van der Waals surface area contributed by atoms with Gasteiger partial charge >= 0.3 is 0 Å². The van der Waals surface area contributed by atoms with E-state index in [-0.39, 0.29) is 0 Å². The molecule has 0 aliphatic heterocycles. The molecular weight excluding hydrogens is 200 g/mol. The van der Waals surface area contributed by atoms with Gasteiger partial charge in [-0.2, -0.15) is 5.10 Å². The average molecular weight is 209 g/mol. The smallest absolute Gasteiger partial charge is 0.148 e. The maximum absolute atomic E-state index is 5.75. The Bertz CT molecular complexity index is 464. The molecule has 0 aromatic carbocycles. The van der Waals surface area contributed by atoms with Gasteiger partial charge in [0.15, 0.2) is 0 Å². The van der Waals surface area contributed by atoms with Gasteiger partial charge in [-0.3, -0.25) is 9.67 Å². The molecule has 4 nitrogen and oxygen atoms in total. The first-order valence-corrected chi connectivity index (χ1v) is 4.53. The van der Waals surface area contributed by atoms with Gasteiger partial charge in [-0.05, 0) is 13.0 Å². The minimum atomic E-state index is 0.390. The third-order valence-corrected chi connectivity index (χ3v) is 2.05. The van der Waals surface area contributed by atoms with Crippen molar-refractivity contribution in [3.05, 3.63) is 29.3 Å². The molecule has 0 aliphatic rings. The summed E-state index contributed by atoms with van der Waals surface area (Å²) in [5.41, 5.74) is 2.60. The number of hydrogen-bond acceptors (Lipinski definition) is 3. The summed E-state index contributed by atoms with van der Waals surface area (Å²) in [4.78, 5) is 8.14. The van der Waals surface area contributed by atoms with Crippen molar-refractivity contribution in [2.24, 2.45) is 7.05 Å². The summed E-state index contributed by atoms with van der Waals surface area (Å²) >= 11 is 5.75. The fraction of sp³-hybridized carbons (Fsp3) is 0.222. The minimum Gasteiger partial charge on any atom is -0.266 e. The lowest BCUT2D eigenvalue weighted by Crippen LogP contribution is -1.96. The predicted molar refractivity (Wildman–Crippen MR) is 54.0 cm³/mol. The lowest BCUT2D eigenvalue weighted by atomic mass is 10.3. The molecule has 0 aliphatic carbocycles. The van der Waals surface area contributed by atoms with Crippen molar-refractivity contribution < 1.29 is 0 Å². The number of aryl methyl sites for hydroxylation is 2. The van der Waals surface area contributed by atoms with Crippen LogP contribution in [0.2, 0.25) is 5.15 Å². The van der Waals surface area contributed by atoms with E-state index < -0.39 is 0 Å². The van der Waals surface area contributed by atoms with Crippen molar-refractivity contribution in [3.8, 4) is 11.4 Å². The van der Waals surface area contributed by atoms with E-state index in [0.717, 1.165) is 17.1 Å². The van der Waals surface area contributed by atoms with E-state index >= 15 is 0 Å². The van der Waals surface area contributed by atoms with E-state index in [1.54, 1.807) is 10.9 Å². The molecule has 14 heavy (non-hydrogen) atoms. The topological polar surface area (TPSA) is 43.6 Å². The van der Waals surface area contributed by atoms with Crippen molar-refractivity contribution in [2.75, 3.05) is 0 Å². The number of halogens is 1. The number of hydrogen-bond donors (Lipinski definition) is 0. The largest absolute Gasteiger partial charge is 0.266 e. The summed E-state index contributed by atoms with van der Waals surface area (Å²) in [6.07, 6.45) is 3.18. The van der Waals surface area contributed by atoms with E-state index in [9.17, 15) is 0 Å². The summed E-state index contributed by atoms with van der Waals surface area (Å²) in [5, 5.41) is 4.61. The van der Waals surface area contributed by atoms with E-state index in [1.807, 2.05) is 20.0 Å². The second-order valence-corrected chi connectivity index (χ2v) is 3.41. The molecule has 2 aromatic heterocycles. The van der Waals surface area contributed by atoms with Gasteiger partial charge in [0, 0.05) is 7.05 Å². The number of rotatable bonds is 1. The highest BCUT2D eigenvalue weighted by molar-refractivity contribution is 6.29. The molecule has 5 heteroatoms. The molecule has 2 heterocycles. The van der Waals surface area contributed by atoms with Crippen LogP contribution >= 0.6 is 11.6 Å². The second-order valence-electron chi connectivity index (χ2n) is 3.02. The van der Waals surface area contributed by atoms with Crippen LogP contribution in [-0.4, -0.2) is 19.7 Å². The van der Waals surface area contributed by atoms with Gasteiger partial charge in [0.25, 0.3) is 0 Å². The van der Waals surface area contributed by atoms with Crippen molar-refractivity contribution in [1.82, 2.24) is 19.7 Å². The van der Waals surface area contributed by atoms with Gasteiger partial charge in [-0.25, -0.2) is 4.98 Å². The molecule has 0 amide bonds. The minimum absolute atomic E-state index is 0.390. The zero-order valence-corrected chi connectivity index (χ0v) is 8.65. The average Bonchev–Trinajstić information content (AvgIpc) is 2.45. The molecule has 0 saturated heterocycles. The Morgan fingerprint density at radius 3 is 2.71 bits per heavy atom. The molecule has 0 atom stereocenters. The zero-order valence-electron chi connectivity index (χ0n) is 7.90. The molecule has 0 spiro atoms. The standard InChI is InChI=1S/C9H9ClN4/c1-6-3-8(14(2)13-6)7-4-11-5-9(10)12-7/h3-5H,1-2H3. The summed E-state index contributed by atoms with van der Waals surface area (Å²) in [6, 6.07) is 1.94. The normalized spacial score (nSPS) is 10.5. The first-order valence-electron chi connectivity index (χ1n) is 4.15. The highest BCUT2D eigenvalue weighted by atomic mass is 35.5. The van der Waals surface area contributed by atoms with Crippen LogP contribution in [0.3, 0.4) is 0 Å². The molecule has 72 valence electrons. The van der Waals surface area contributed by atoms with Crippen LogP contribution < -0.4 is 0 Å². The molecule has 0 radical (unpaired) electrons. The lowest BCUT2D eigenvalue weighted by Gasteiger charge is -1.99.